The molecule has 0 aromatic carbocycles. The smallest absolute Gasteiger partial charge is 0.234 e. The van der Waals surface area contributed by atoms with Gasteiger partial charge in [-0.3, -0.25) is 0 Å². The van der Waals surface area contributed by atoms with Gasteiger partial charge in [0.05, 0.1) is 6.54 Å². The lowest BCUT2D eigenvalue weighted by Crippen LogP contribution is -2.33. The minimum absolute atomic E-state index is 1.06. The van der Waals surface area contributed by atoms with Crippen LogP contribution < -0.4 is 4.57 Å². The first kappa shape index (κ1) is 9.65. The quantitative estimate of drug-likeness (QED) is 0.650. The van der Waals surface area contributed by atoms with Gasteiger partial charge >= 0.3 is 0 Å². The van der Waals surface area contributed by atoms with Gasteiger partial charge in [-0.25, -0.2) is 9.13 Å². The Labute approximate surface area is 78.6 Å². The summed E-state index contributed by atoms with van der Waals surface area (Å²) in [5.41, 5.74) is 0. The lowest BCUT2D eigenvalue weighted by atomic mass is 10.5. The van der Waals surface area contributed by atoms with Crippen LogP contribution in [0.2, 0.25) is 0 Å². The lowest BCUT2D eigenvalue weighted by molar-refractivity contribution is -0.681. The zero-order valence-corrected chi connectivity index (χ0v) is 8.90. The number of nitrogens with zero attached hydrogens (tertiary/aromatic N) is 2. The number of imidazole rings is 1. The van der Waals surface area contributed by atoms with E-state index < -0.39 is 0 Å². The van der Waals surface area contributed by atoms with Crippen molar-refractivity contribution < 1.29 is 4.57 Å². The number of thioether (sulfide) groups is 1. The molecule has 1 heterocycles. The van der Waals surface area contributed by atoms with Crippen molar-refractivity contribution in [1.29, 1.82) is 0 Å². The molecule has 0 aliphatic carbocycles. The number of aromatic nitrogens is 2. The number of rotatable bonds is 4. The van der Waals surface area contributed by atoms with Crippen LogP contribution in [0, 0.1) is 6.92 Å². The molecule has 0 amide bonds. The molecule has 2 nitrogen and oxygen atoms in total. The van der Waals surface area contributed by atoms with Crippen molar-refractivity contribution in [3.63, 3.8) is 0 Å². The second kappa shape index (κ2) is 4.55. The highest BCUT2D eigenvalue weighted by molar-refractivity contribution is 7.97. The third-order valence-electron chi connectivity index (χ3n) is 1.99. The fourth-order valence-electron chi connectivity index (χ4n) is 1.29. The largest absolute Gasteiger partial charge is 0.253 e. The summed E-state index contributed by atoms with van der Waals surface area (Å²) in [6.45, 7) is 5.51. The Balaban J connectivity index is 2.74. The summed E-state index contributed by atoms with van der Waals surface area (Å²) in [4.78, 5) is 0. The molecule has 3 heteroatoms. The van der Waals surface area contributed by atoms with Crippen molar-refractivity contribution in [3.8, 4) is 0 Å². The molecule has 0 saturated carbocycles. The Kier molecular flexibility index (Phi) is 3.66. The van der Waals surface area contributed by atoms with Gasteiger partial charge in [0.2, 0.25) is 0 Å². The van der Waals surface area contributed by atoms with E-state index in [0.29, 0.717) is 0 Å². The molecule has 0 fully saturated rings. The molecule has 0 spiro atoms. The van der Waals surface area contributed by atoms with Crippen molar-refractivity contribution in [1.82, 2.24) is 4.57 Å². The SMILES string of the molecule is CCCn1cc[n+](CSC)c1C. The average molecular weight is 185 g/mol. The molecule has 1 rings (SSSR count). The van der Waals surface area contributed by atoms with Gasteiger partial charge < -0.3 is 0 Å². The molecule has 1 aromatic rings. The van der Waals surface area contributed by atoms with Crippen molar-refractivity contribution in [2.45, 2.75) is 32.7 Å². The van der Waals surface area contributed by atoms with Crippen LogP contribution in [0.4, 0.5) is 0 Å². The summed E-state index contributed by atoms with van der Waals surface area (Å²) >= 11 is 1.85. The molecule has 0 saturated heterocycles. The van der Waals surface area contributed by atoms with Crippen LogP contribution in [0.25, 0.3) is 0 Å². The molecule has 0 radical (unpaired) electrons. The molecular weight excluding hydrogens is 168 g/mol. The second-order valence-electron chi connectivity index (χ2n) is 2.93. The van der Waals surface area contributed by atoms with Crippen molar-refractivity contribution >= 4 is 11.8 Å². The van der Waals surface area contributed by atoms with Gasteiger partial charge in [-0.1, -0.05) is 6.92 Å². The number of hydrogen-bond donors (Lipinski definition) is 0. The van der Waals surface area contributed by atoms with E-state index >= 15 is 0 Å². The summed E-state index contributed by atoms with van der Waals surface area (Å²) in [6, 6.07) is 0. The first-order chi connectivity index (χ1) is 5.79. The Morgan fingerprint density at radius 2 is 2.33 bits per heavy atom. The van der Waals surface area contributed by atoms with Crippen molar-refractivity contribution in [3.05, 3.63) is 18.2 Å². The Morgan fingerprint density at radius 3 is 2.92 bits per heavy atom. The van der Waals surface area contributed by atoms with Gasteiger partial charge in [0.25, 0.3) is 5.82 Å². The third-order valence-corrected chi connectivity index (χ3v) is 2.53. The summed E-state index contributed by atoms with van der Waals surface area (Å²) in [6.07, 6.45) is 7.65. The minimum atomic E-state index is 1.06. The third kappa shape index (κ3) is 2.03. The molecule has 0 unspecified atom stereocenters. The van der Waals surface area contributed by atoms with E-state index in [9.17, 15) is 0 Å². The van der Waals surface area contributed by atoms with Gasteiger partial charge in [0, 0.05) is 6.92 Å². The Hall–Kier alpha value is -0.440. The van der Waals surface area contributed by atoms with Crippen molar-refractivity contribution in [2.24, 2.45) is 0 Å². The van der Waals surface area contributed by atoms with E-state index in [0.717, 1.165) is 12.4 Å². The standard InChI is InChI=1S/C9H17N2S/c1-4-5-10-6-7-11(8-12-3)9(10)2/h6-7H,4-5,8H2,1-3H3/q+1. The highest BCUT2D eigenvalue weighted by atomic mass is 32.2. The van der Waals surface area contributed by atoms with Crippen LogP contribution in [0.5, 0.6) is 0 Å². The van der Waals surface area contributed by atoms with Crippen LogP contribution in [-0.2, 0) is 12.4 Å². The van der Waals surface area contributed by atoms with Gasteiger partial charge in [-0.05, 0) is 12.7 Å². The number of hydrogen-bond acceptors (Lipinski definition) is 1. The molecule has 68 valence electrons. The Bertz CT molecular complexity index is 219. The summed E-state index contributed by atoms with van der Waals surface area (Å²) < 4.78 is 4.58. The predicted octanol–water partition coefficient (Wildman–Crippen LogP) is 1.81. The molecule has 0 aliphatic rings. The van der Waals surface area contributed by atoms with Crippen LogP contribution in [0.1, 0.15) is 19.2 Å². The van der Waals surface area contributed by atoms with E-state index in [4.69, 9.17) is 0 Å². The molecule has 0 atom stereocenters. The maximum absolute atomic E-state index is 2.30. The fraction of sp³-hybridized carbons (Fsp3) is 0.667. The van der Waals surface area contributed by atoms with E-state index in [1.54, 1.807) is 0 Å². The second-order valence-corrected chi connectivity index (χ2v) is 3.76. The molecule has 1 aromatic heterocycles. The zero-order chi connectivity index (χ0) is 8.97. The van der Waals surface area contributed by atoms with Crippen LogP contribution in [0.3, 0.4) is 0 Å². The maximum atomic E-state index is 2.30. The van der Waals surface area contributed by atoms with Gasteiger partial charge in [0.1, 0.15) is 18.3 Å². The molecule has 0 aliphatic heterocycles. The molecule has 0 bridgehead atoms. The number of aryl methyl sites for hydroxylation is 1. The highest BCUT2D eigenvalue weighted by Gasteiger charge is 2.09. The average Bonchev–Trinajstić information content (AvgIpc) is 2.38. The molecule has 0 N–H and O–H groups in total. The first-order valence-corrected chi connectivity index (χ1v) is 5.73. The van der Waals surface area contributed by atoms with E-state index in [1.165, 1.54) is 12.2 Å². The zero-order valence-electron chi connectivity index (χ0n) is 8.08. The monoisotopic (exact) mass is 185 g/mol. The minimum Gasteiger partial charge on any atom is -0.234 e. The normalized spacial score (nSPS) is 10.6. The predicted molar refractivity (Wildman–Crippen MR) is 53.2 cm³/mol. The maximum Gasteiger partial charge on any atom is 0.253 e. The molecule has 12 heavy (non-hydrogen) atoms. The van der Waals surface area contributed by atoms with Crippen molar-refractivity contribution in [2.75, 3.05) is 6.26 Å². The van der Waals surface area contributed by atoms with Crippen LogP contribution >= 0.6 is 11.8 Å². The fourth-order valence-corrected chi connectivity index (χ4v) is 1.85. The van der Waals surface area contributed by atoms with E-state index in [2.05, 4.69) is 41.6 Å². The topological polar surface area (TPSA) is 8.81 Å². The van der Waals surface area contributed by atoms with Crippen LogP contribution in [0.15, 0.2) is 12.4 Å². The Morgan fingerprint density at radius 1 is 1.58 bits per heavy atom. The van der Waals surface area contributed by atoms with Gasteiger partial charge in [-0.15, -0.1) is 11.8 Å². The lowest BCUT2D eigenvalue weighted by Gasteiger charge is -1.97. The molecular formula is C9H17N2S+. The first-order valence-electron chi connectivity index (χ1n) is 4.33. The highest BCUT2D eigenvalue weighted by Crippen LogP contribution is 1.98. The van der Waals surface area contributed by atoms with Crippen LogP contribution in [-0.4, -0.2) is 10.8 Å². The summed E-state index contributed by atoms with van der Waals surface area (Å²) in [7, 11) is 0. The van der Waals surface area contributed by atoms with E-state index in [-0.39, 0.29) is 0 Å². The van der Waals surface area contributed by atoms with E-state index in [1.807, 2.05) is 11.8 Å². The van der Waals surface area contributed by atoms with Gasteiger partial charge in [-0.2, -0.15) is 0 Å². The van der Waals surface area contributed by atoms with Gasteiger partial charge in [0.15, 0.2) is 0 Å². The summed E-state index contributed by atoms with van der Waals surface area (Å²) in [5.74, 6) is 2.41. The summed E-state index contributed by atoms with van der Waals surface area (Å²) in [5, 5.41) is 0.